The van der Waals surface area contributed by atoms with Gasteiger partial charge >= 0.3 is 0 Å². The van der Waals surface area contributed by atoms with Crippen LogP contribution in [0.1, 0.15) is 22.3 Å². The van der Waals surface area contributed by atoms with E-state index in [9.17, 15) is 8.42 Å². The first-order valence-corrected chi connectivity index (χ1v) is 15.7. The van der Waals surface area contributed by atoms with Crippen molar-refractivity contribution >= 4 is 21.6 Å². The first-order valence-electron chi connectivity index (χ1n) is 12.7. The summed E-state index contributed by atoms with van der Waals surface area (Å²) in [4.78, 5) is 0. The lowest BCUT2D eigenvalue weighted by Gasteiger charge is -2.08. The van der Waals surface area contributed by atoms with Crippen LogP contribution in [0, 0.1) is 47.4 Å². The summed E-state index contributed by atoms with van der Waals surface area (Å²) in [7, 11) is -3.42. The highest BCUT2D eigenvalue weighted by atomic mass is 32.2. The van der Waals surface area contributed by atoms with Crippen molar-refractivity contribution in [1.29, 1.82) is 0 Å². The SMILES string of the molecule is O=S1(=O)CC#CCOCc2ccccc2COCC#CCSCC#CCOCc2ccccc2COCC#CC1. The zero-order valence-electron chi connectivity index (χ0n) is 22.4. The maximum atomic E-state index is 12.2. The van der Waals surface area contributed by atoms with Gasteiger partial charge in [0, 0.05) is 0 Å². The summed E-state index contributed by atoms with van der Waals surface area (Å²) in [5.74, 6) is 23.9. The summed E-state index contributed by atoms with van der Waals surface area (Å²) in [6.07, 6.45) is 0. The summed E-state index contributed by atoms with van der Waals surface area (Å²) in [6, 6.07) is 15.7. The molecule has 0 bridgehead atoms. The lowest BCUT2D eigenvalue weighted by molar-refractivity contribution is 0.138. The molecule has 1 heterocycles. The minimum Gasteiger partial charge on any atom is -0.364 e. The van der Waals surface area contributed by atoms with Crippen molar-refractivity contribution in [3.8, 4) is 47.4 Å². The molecule has 1 aliphatic heterocycles. The van der Waals surface area contributed by atoms with Crippen molar-refractivity contribution in [2.75, 3.05) is 49.4 Å². The van der Waals surface area contributed by atoms with Crippen molar-refractivity contribution in [2.24, 2.45) is 0 Å². The molecule has 0 radical (unpaired) electrons. The van der Waals surface area contributed by atoms with Gasteiger partial charge in [-0.2, -0.15) is 0 Å². The molecule has 3 rings (SSSR count). The topological polar surface area (TPSA) is 71.1 Å². The minimum atomic E-state index is -3.42. The Labute approximate surface area is 242 Å². The number of hydrogen-bond acceptors (Lipinski definition) is 7. The van der Waals surface area contributed by atoms with Gasteiger partial charge in [0.15, 0.2) is 9.84 Å². The third-order valence-electron chi connectivity index (χ3n) is 5.40. The van der Waals surface area contributed by atoms with Crippen molar-refractivity contribution in [1.82, 2.24) is 0 Å². The molecular weight excluding hydrogens is 544 g/mol. The summed E-state index contributed by atoms with van der Waals surface area (Å²) in [6.45, 7) is 2.49. The molecule has 0 atom stereocenters. The number of fused-ring (bicyclic) bond motifs is 2. The van der Waals surface area contributed by atoms with E-state index in [4.69, 9.17) is 18.9 Å². The van der Waals surface area contributed by atoms with Gasteiger partial charge in [0.1, 0.15) is 37.9 Å². The third-order valence-corrected chi connectivity index (χ3v) is 7.26. The van der Waals surface area contributed by atoms with Crippen LogP contribution in [0.3, 0.4) is 0 Å². The summed E-state index contributed by atoms with van der Waals surface area (Å²) < 4.78 is 47.1. The second kappa shape index (κ2) is 19.0. The van der Waals surface area contributed by atoms with Gasteiger partial charge in [-0.15, -0.1) is 11.8 Å². The Balaban J connectivity index is 1.57. The van der Waals surface area contributed by atoms with Gasteiger partial charge in [0.05, 0.1) is 37.9 Å². The van der Waals surface area contributed by atoms with Crippen LogP contribution in [0.4, 0.5) is 0 Å². The molecule has 40 heavy (non-hydrogen) atoms. The van der Waals surface area contributed by atoms with Gasteiger partial charge in [-0.3, -0.25) is 0 Å². The van der Waals surface area contributed by atoms with Gasteiger partial charge in [-0.05, 0) is 22.3 Å². The average molecular weight is 577 g/mol. The van der Waals surface area contributed by atoms with E-state index < -0.39 is 9.84 Å². The quantitative estimate of drug-likeness (QED) is 0.444. The fraction of sp³-hybridized carbons (Fsp3) is 0.375. The molecule has 2 aromatic carbocycles. The fourth-order valence-corrected chi connectivity index (χ4v) is 4.61. The Morgan fingerprint density at radius 3 is 1.18 bits per heavy atom. The molecule has 0 aliphatic carbocycles. The molecule has 0 spiro atoms. The Morgan fingerprint density at radius 2 is 0.825 bits per heavy atom. The Kier molecular flexibility index (Phi) is 14.9. The zero-order valence-corrected chi connectivity index (χ0v) is 24.0. The van der Waals surface area contributed by atoms with Crippen LogP contribution in [-0.2, 0) is 55.2 Å². The predicted molar refractivity (Wildman–Crippen MR) is 159 cm³/mol. The minimum absolute atomic E-state index is 0.129. The Bertz CT molecular complexity index is 1330. The molecule has 0 unspecified atom stereocenters. The number of benzene rings is 2. The van der Waals surface area contributed by atoms with E-state index in [2.05, 4.69) is 47.4 Å². The number of rotatable bonds is 0. The average Bonchev–Trinajstić information content (AvgIpc) is 2.95. The van der Waals surface area contributed by atoms with E-state index >= 15 is 0 Å². The van der Waals surface area contributed by atoms with Crippen molar-refractivity contribution in [2.45, 2.75) is 26.4 Å². The van der Waals surface area contributed by atoms with E-state index in [1.54, 1.807) is 11.8 Å². The smallest absolute Gasteiger partial charge is 0.172 e. The molecule has 0 saturated carbocycles. The first kappa shape index (κ1) is 31.3. The number of ether oxygens (including phenoxy) is 4. The van der Waals surface area contributed by atoms with E-state index in [0.29, 0.717) is 51.1 Å². The predicted octanol–water partition coefficient (Wildman–Crippen LogP) is 3.63. The zero-order chi connectivity index (χ0) is 28.1. The highest BCUT2D eigenvalue weighted by molar-refractivity contribution is 7.99. The van der Waals surface area contributed by atoms with Crippen molar-refractivity contribution in [3.05, 3.63) is 70.8 Å². The summed E-state index contributed by atoms with van der Waals surface area (Å²) in [5, 5.41) is 0. The van der Waals surface area contributed by atoms with Crippen LogP contribution in [-0.4, -0.2) is 57.9 Å². The van der Waals surface area contributed by atoms with Crippen molar-refractivity contribution < 1.29 is 27.4 Å². The van der Waals surface area contributed by atoms with Gasteiger partial charge in [0.25, 0.3) is 0 Å². The monoisotopic (exact) mass is 576 g/mol. The maximum absolute atomic E-state index is 12.2. The molecule has 208 valence electrons. The van der Waals surface area contributed by atoms with Crippen LogP contribution in [0.2, 0.25) is 0 Å². The number of hydrogen-bond donors (Lipinski definition) is 0. The number of sulfone groups is 1. The van der Waals surface area contributed by atoms with Crippen molar-refractivity contribution in [3.63, 3.8) is 0 Å². The summed E-state index contributed by atoms with van der Waals surface area (Å²) >= 11 is 1.65. The number of thioether (sulfide) groups is 1. The molecule has 0 aromatic heterocycles. The van der Waals surface area contributed by atoms with Gasteiger partial charge in [-0.1, -0.05) is 95.9 Å². The van der Waals surface area contributed by atoms with Crippen LogP contribution in [0.15, 0.2) is 48.5 Å². The lowest BCUT2D eigenvalue weighted by Crippen LogP contribution is -2.08. The van der Waals surface area contributed by atoms with Gasteiger partial charge < -0.3 is 18.9 Å². The molecule has 6 nitrogen and oxygen atoms in total. The lowest BCUT2D eigenvalue weighted by atomic mass is 10.1. The Hall–Kier alpha value is -3.18. The summed E-state index contributed by atoms with van der Waals surface area (Å²) in [5.41, 5.74) is 4.00. The van der Waals surface area contributed by atoms with Crippen LogP contribution in [0.25, 0.3) is 0 Å². The molecule has 2 aromatic rings. The molecule has 0 amide bonds. The molecular formula is C32H32O6S2. The third kappa shape index (κ3) is 13.3. The normalized spacial score (nSPS) is 17.7. The van der Waals surface area contributed by atoms with Crippen LogP contribution < -0.4 is 0 Å². The van der Waals surface area contributed by atoms with Crippen LogP contribution >= 0.6 is 11.8 Å². The molecule has 0 N–H and O–H groups in total. The molecule has 1 aliphatic rings. The first-order chi connectivity index (χ1) is 19.6. The molecule has 8 heteroatoms. The van der Waals surface area contributed by atoms with E-state index in [-0.39, 0.29) is 24.7 Å². The second-order valence-electron chi connectivity index (χ2n) is 8.45. The molecule has 0 saturated heterocycles. The van der Waals surface area contributed by atoms with Gasteiger partial charge in [0.2, 0.25) is 0 Å². The molecule has 0 fully saturated rings. The highest BCUT2D eigenvalue weighted by Crippen LogP contribution is 2.12. The van der Waals surface area contributed by atoms with E-state index in [1.165, 1.54) is 0 Å². The second-order valence-corrected chi connectivity index (χ2v) is 11.5. The fourth-order valence-electron chi connectivity index (χ4n) is 3.36. The van der Waals surface area contributed by atoms with Crippen LogP contribution in [0.5, 0.6) is 0 Å². The van der Waals surface area contributed by atoms with Gasteiger partial charge in [-0.25, -0.2) is 8.42 Å². The van der Waals surface area contributed by atoms with E-state index in [0.717, 1.165) is 22.3 Å². The standard InChI is InChI=1S/C32H32O6S2/c33-40(34)23-11-7-19-37-27-31-15-3-1-13-29(31)25-35-17-5-9-21-39-22-10-6-18-36-26-30-14-2-4-16-32(30)28-38-20-8-12-24-40/h1-4,13-16H,17-28H2. The van der Waals surface area contributed by atoms with E-state index in [1.807, 2.05) is 48.5 Å². The maximum Gasteiger partial charge on any atom is 0.172 e. The highest BCUT2D eigenvalue weighted by Gasteiger charge is 2.06. The Morgan fingerprint density at radius 1 is 0.500 bits per heavy atom. The largest absolute Gasteiger partial charge is 0.364 e.